The molecule has 1 unspecified atom stereocenters. The number of allylic oxidation sites excluding steroid dienone is 2. The first-order chi connectivity index (χ1) is 19.4. The molecule has 1 heterocycles. The van der Waals surface area contributed by atoms with E-state index in [-0.39, 0.29) is 12.0 Å². The summed E-state index contributed by atoms with van der Waals surface area (Å²) in [6.45, 7) is 6.81. The van der Waals surface area contributed by atoms with E-state index in [1.54, 1.807) is 11.8 Å². The second-order valence-electron chi connectivity index (χ2n) is 10.9. The van der Waals surface area contributed by atoms with Gasteiger partial charge >= 0.3 is 5.97 Å². The molecular formula is C33H42N2O4S. The maximum absolute atomic E-state index is 13.4. The highest BCUT2D eigenvalue weighted by Crippen LogP contribution is 2.32. The molecule has 1 fully saturated rings. The number of carboxylic acid groups (broad SMARTS) is 1. The zero-order valence-electron chi connectivity index (χ0n) is 23.8. The van der Waals surface area contributed by atoms with Gasteiger partial charge in [-0.3, -0.25) is 9.69 Å². The Balaban J connectivity index is 1.57. The lowest BCUT2D eigenvalue weighted by atomic mass is 9.93. The van der Waals surface area contributed by atoms with Gasteiger partial charge in [0.15, 0.2) is 0 Å². The van der Waals surface area contributed by atoms with Crippen molar-refractivity contribution < 1.29 is 19.4 Å². The van der Waals surface area contributed by atoms with Gasteiger partial charge in [0.1, 0.15) is 6.04 Å². The number of aliphatic carboxylic acids is 1. The first kappa shape index (κ1) is 30.1. The smallest absolute Gasteiger partial charge is 0.326 e. The van der Waals surface area contributed by atoms with Crippen LogP contribution in [0.1, 0.15) is 54.1 Å². The van der Waals surface area contributed by atoms with Crippen molar-refractivity contribution in [3.05, 3.63) is 83.5 Å². The predicted molar refractivity (Wildman–Crippen MR) is 164 cm³/mol. The molecule has 0 aromatic heterocycles. The molecule has 2 aromatic rings. The molecule has 1 aliphatic carbocycles. The number of carboxylic acids is 1. The fraction of sp³-hybridized carbons (Fsp3) is 0.455. The van der Waals surface area contributed by atoms with Crippen molar-refractivity contribution in [3.8, 4) is 11.1 Å². The third-order valence-corrected chi connectivity index (χ3v) is 8.64. The van der Waals surface area contributed by atoms with Crippen molar-refractivity contribution in [2.75, 3.05) is 25.2 Å². The summed E-state index contributed by atoms with van der Waals surface area (Å²) in [6, 6.07) is 13.4. The van der Waals surface area contributed by atoms with Gasteiger partial charge in [0.2, 0.25) is 0 Å². The van der Waals surface area contributed by atoms with E-state index in [9.17, 15) is 14.7 Å². The fourth-order valence-corrected chi connectivity index (χ4v) is 6.09. The number of nitrogens with zero attached hydrogens (tertiary/aromatic N) is 1. The molecule has 7 heteroatoms. The van der Waals surface area contributed by atoms with E-state index in [2.05, 4.69) is 47.5 Å². The van der Waals surface area contributed by atoms with Crippen LogP contribution >= 0.6 is 11.8 Å². The van der Waals surface area contributed by atoms with E-state index in [4.69, 9.17) is 4.74 Å². The predicted octanol–water partition coefficient (Wildman–Crippen LogP) is 6.10. The molecule has 0 bridgehead atoms. The molecule has 1 aliphatic heterocycles. The van der Waals surface area contributed by atoms with Crippen molar-refractivity contribution in [2.45, 2.75) is 64.3 Å². The number of aryl methyl sites for hydroxylation is 1. The summed E-state index contributed by atoms with van der Waals surface area (Å²) in [5.41, 5.74) is 4.52. The standard InChI is InChI=1S/C33H42N2O4S/c1-4-24-18-26(22-39-27-11-6-5-7-12-27)35(20-24)21-25-14-15-29(30(19-25)28-13-9-8-10-23(28)2)32(36)34-31(33(37)38)16-17-40-3/h5-11,13-15,19,24,26-27,31H,4,12,16-18,20-22H2,1-3H3,(H,34,36)(H,37,38)/t24-,26-,27?,31+/m1/s1. The monoisotopic (exact) mass is 562 g/mol. The molecule has 1 saturated heterocycles. The molecule has 6 nitrogen and oxygen atoms in total. The van der Waals surface area contributed by atoms with Crippen molar-refractivity contribution in [1.82, 2.24) is 10.2 Å². The Morgan fingerprint density at radius 1 is 1.18 bits per heavy atom. The van der Waals surface area contributed by atoms with Crippen LogP contribution in [0.2, 0.25) is 0 Å². The highest BCUT2D eigenvalue weighted by molar-refractivity contribution is 7.98. The van der Waals surface area contributed by atoms with Gasteiger partial charge in [-0.05, 0) is 78.5 Å². The van der Waals surface area contributed by atoms with Crippen LogP contribution in [0.25, 0.3) is 11.1 Å². The molecule has 0 saturated carbocycles. The van der Waals surface area contributed by atoms with Gasteiger partial charge in [0.25, 0.3) is 5.91 Å². The quantitative estimate of drug-likeness (QED) is 0.307. The van der Waals surface area contributed by atoms with Crippen LogP contribution in [0.5, 0.6) is 0 Å². The van der Waals surface area contributed by atoms with Crippen LogP contribution in [0, 0.1) is 12.8 Å². The number of hydrogen-bond acceptors (Lipinski definition) is 5. The number of rotatable bonds is 13. The van der Waals surface area contributed by atoms with Crippen LogP contribution < -0.4 is 5.32 Å². The van der Waals surface area contributed by atoms with Gasteiger partial charge in [-0.15, -0.1) is 0 Å². The maximum Gasteiger partial charge on any atom is 0.326 e. The lowest BCUT2D eigenvalue weighted by molar-refractivity contribution is -0.139. The van der Waals surface area contributed by atoms with Gasteiger partial charge < -0.3 is 15.2 Å². The number of ether oxygens (including phenoxy) is 1. The average Bonchev–Trinajstić information content (AvgIpc) is 3.36. The van der Waals surface area contributed by atoms with Gasteiger partial charge in [0.05, 0.1) is 12.7 Å². The number of nitrogens with one attached hydrogen (secondary N) is 1. The molecule has 2 aromatic carbocycles. The molecule has 2 N–H and O–H groups in total. The lowest BCUT2D eigenvalue weighted by Crippen LogP contribution is -2.41. The van der Waals surface area contributed by atoms with Crippen LogP contribution in [0.3, 0.4) is 0 Å². The first-order valence-corrected chi connectivity index (χ1v) is 15.7. The Morgan fingerprint density at radius 3 is 2.70 bits per heavy atom. The van der Waals surface area contributed by atoms with Crippen LogP contribution in [0.15, 0.2) is 66.8 Å². The Kier molecular flexibility index (Phi) is 11.0. The zero-order chi connectivity index (χ0) is 28.5. The van der Waals surface area contributed by atoms with E-state index in [1.807, 2.05) is 49.6 Å². The summed E-state index contributed by atoms with van der Waals surface area (Å²) in [5, 5.41) is 12.4. The number of hydrogen-bond donors (Lipinski definition) is 2. The zero-order valence-corrected chi connectivity index (χ0v) is 24.7. The fourth-order valence-electron chi connectivity index (χ4n) is 5.62. The maximum atomic E-state index is 13.4. The van der Waals surface area contributed by atoms with Gasteiger partial charge in [-0.2, -0.15) is 11.8 Å². The Morgan fingerprint density at radius 2 is 2.00 bits per heavy atom. The topological polar surface area (TPSA) is 78.9 Å². The summed E-state index contributed by atoms with van der Waals surface area (Å²) in [6.07, 6.45) is 14.0. The van der Waals surface area contributed by atoms with Crippen LogP contribution in [-0.4, -0.2) is 65.2 Å². The number of benzene rings is 2. The summed E-state index contributed by atoms with van der Waals surface area (Å²) in [4.78, 5) is 27.8. The number of carbonyl (C=O) groups excluding carboxylic acids is 1. The molecule has 0 spiro atoms. The molecule has 40 heavy (non-hydrogen) atoms. The molecule has 1 amide bonds. The highest BCUT2D eigenvalue weighted by Gasteiger charge is 2.32. The largest absolute Gasteiger partial charge is 0.480 e. The molecule has 4 atom stereocenters. The summed E-state index contributed by atoms with van der Waals surface area (Å²) in [7, 11) is 0. The van der Waals surface area contributed by atoms with E-state index in [0.717, 1.165) is 54.6 Å². The summed E-state index contributed by atoms with van der Waals surface area (Å²) in [5.74, 6) is -0.0607. The first-order valence-electron chi connectivity index (χ1n) is 14.3. The van der Waals surface area contributed by atoms with Crippen molar-refractivity contribution in [3.63, 3.8) is 0 Å². The minimum atomic E-state index is -1.01. The highest BCUT2D eigenvalue weighted by atomic mass is 32.2. The minimum absolute atomic E-state index is 0.142. The van der Waals surface area contributed by atoms with Crippen molar-refractivity contribution in [1.29, 1.82) is 0 Å². The van der Waals surface area contributed by atoms with E-state index >= 15 is 0 Å². The third-order valence-electron chi connectivity index (χ3n) is 8.00. The molecule has 214 valence electrons. The summed E-state index contributed by atoms with van der Waals surface area (Å²) >= 11 is 1.57. The molecule has 2 aliphatic rings. The Hall–Kier alpha value is -2.87. The number of amides is 1. The van der Waals surface area contributed by atoms with E-state index in [1.165, 1.54) is 0 Å². The Bertz CT molecular complexity index is 1230. The SMILES string of the molecule is CC[C@@H]1C[C@H](COC2C=CC=CC2)N(Cc2ccc(C(=O)N[C@@H](CCSC)C(=O)O)c(-c3ccccc3C)c2)C1. The molecule has 0 radical (unpaired) electrons. The number of thioether (sulfide) groups is 1. The summed E-state index contributed by atoms with van der Waals surface area (Å²) < 4.78 is 6.29. The minimum Gasteiger partial charge on any atom is -0.480 e. The van der Waals surface area contributed by atoms with E-state index in [0.29, 0.717) is 36.3 Å². The number of carbonyl (C=O) groups is 2. The molecule has 4 rings (SSSR count). The third kappa shape index (κ3) is 7.87. The second-order valence-corrected chi connectivity index (χ2v) is 11.8. The normalized spacial score (nSPS) is 21.4. The van der Waals surface area contributed by atoms with Gasteiger partial charge in [-0.25, -0.2) is 4.79 Å². The average molecular weight is 563 g/mol. The van der Waals surface area contributed by atoms with Crippen LogP contribution in [0.4, 0.5) is 0 Å². The van der Waals surface area contributed by atoms with Gasteiger partial charge in [0, 0.05) is 24.7 Å². The van der Waals surface area contributed by atoms with E-state index < -0.39 is 12.0 Å². The Labute approximate surface area is 242 Å². The van der Waals surface area contributed by atoms with Crippen LogP contribution in [-0.2, 0) is 16.1 Å². The van der Waals surface area contributed by atoms with Crippen molar-refractivity contribution >= 4 is 23.6 Å². The number of likely N-dealkylation sites (tertiary alicyclic amines) is 1. The lowest BCUT2D eigenvalue weighted by Gasteiger charge is -2.26. The van der Waals surface area contributed by atoms with Crippen molar-refractivity contribution in [2.24, 2.45) is 5.92 Å². The second kappa shape index (κ2) is 14.7. The molecular weight excluding hydrogens is 520 g/mol. The van der Waals surface area contributed by atoms with Gasteiger partial charge in [-0.1, -0.05) is 68.0 Å².